The summed E-state index contributed by atoms with van der Waals surface area (Å²) < 4.78 is 0. The van der Waals surface area contributed by atoms with Gasteiger partial charge in [0, 0.05) is 17.7 Å². The van der Waals surface area contributed by atoms with E-state index in [1.807, 2.05) is 0 Å². The predicted molar refractivity (Wildman–Crippen MR) is 62.4 cm³/mol. The third-order valence-corrected chi connectivity index (χ3v) is 3.29. The molecule has 1 saturated carbocycles. The van der Waals surface area contributed by atoms with E-state index in [9.17, 15) is 14.7 Å². The SMILES string of the molecule is CC(C(=O)O)=C(C)C(=O)NCC1CCC(O)C1. The van der Waals surface area contributed by atoms with Crippen LogP contribution in [0, 0.1) is 5.92 Å². The van der Waals surface area contributed by atoms with Crippen LogP contribution in [0.5, 0.6) is 0 Å². The maximum Gasteiger partial charge on any atom is 0.331 e. The summed E-state index contributed by atoms with van der Waals surface area (Å²) in [5, 5.41) is 20.8. The highest BCUT2D eigenvalue weighted by molar-refractivity contribution is 6.01. The maximum atomic E-state index is 11.6. The fourth-order valence-corrected chi connectivity index (χ4v) is 1.93. The molecule has 1 aliphatic carbocycles. The third-order valence-electron chi connectivity index (χ3n) is 3.29. The molecule has 5 nitrogen and oxygen atoms in total. The lowest BCUT2D eigenvalue weighted by molar-refractivity contribution is -0.133. The van der Waals surface area contributed by atoms with Gasteiger partial charge in [-0.3, -0.25) is 4.79 Å². The number of aliphatic hydroxyl groups excluding tert-OH is 1. The first-order chi connectivity index (χ1) is 7.91. The van der Waals surface area contributed by atoms with Crippen molar-refractivity contribution in [2.75, 3.05) is 6.54 Å². The number of carboxylic acids is 1. The molecule has 0 radical (unpaired) electrons. The zero-order valence-electron chi connectivity index (χ0n) is 10.2. The topological polar surface area (TPSA) is 86.6 Å². The van der Waals surface area contributed by atoms with E-state index in [0.717, 1.165) is 12.8 Å². The van der Waals surface area contributed by atoms with Crippen LogP contribution in [-0.4, -0.2) is 34.7 Å². The largest absolute Gasteiger partial charge is 0.478 e. The lowest BCUT2D eigenvalue weighted by Gasteiger charge is -2.11. The van der Waals surface area contributed by atoms with Gasteiger partial charge in [-0.2, -0.15) is 0 Å². The molecule has 1 aliphatic rings. The van der Waals surface area contributed by atoms with Crippen LogP contribution < -0.4 is 5.32 Å². The molecule has 0 aromatic rings. The van der Waals surface area contributed by atoms with Crippen molar-refractivity contribution >= 4 is 11.9 Å². The number of nitrogens with one attached hydrogen (secondary N) is 1. The summed E-state index contributed by atoms with van der Waals surface area (Å²) in [4.78, 5) is 22.3. The van der Waals surface area contributed by atoms with Crippen LogP contribution in [0.2, 0.25) is 0 Å². The van der Waals surface area contributed by atoms with Gasteiger partial charge < -0.3 is 15.5 Å². The van der Waals surface area contributed by atoms with Crippen molar-refractivity contribution in [3.63, 3.8) is 0 Å². The Bertz CT molecular complexity index is 348. The number of carboxylic acid groups (broad SMARTS) is 1. The monoisotopic (exact) mass is 241 g/mol. The fraction of sp³-hybridized carbons (Fsp3) is 0.667. The average Bonchev–Trinajstić information content (AvgIpc) is 2.69. The van der Waals surface area contributed by atoms with E-state index in [0.29, 0.717) is 18.9 Å². The zero-order valence-corrected chi connectivity index (χ0v) is 10.2. The molecule has 0 saturated heterocycles. The number of carbonyl (C=O) groups excluding carboxylic acids is 1. The molecule has 0 aliphatic heterocycles. The minimum Gasteiger partial charge on any atom is -0.478 e. The normalized spacial score (nSPS) is 25.4. The second-order valence-electron chi connectivity index (χ2n) is 4.60. The molecule has 5 heteroatoms. The molecule has 0 spiro atoms. The zero-order chi connectivity index (χ0) is 13.0. The van der Waals surface area contributed by atoms with Crippen LogP contribution in [0.3, 0.4) is 0 Å². The highest BCUT2D eigenvalue weighted by Gasteiger charge is 2.23. The molecule has 96 valence electrons. The van der Waals surface area contributed by atoms with E-state index < -0.39 is 5.97 Å². The Hall–Kier alpha value is -1.36. The number of carbonyl (C=O) groups is 2. The van der Waals surface area contributed by atoms with Crippen LogP contribution in [0.15, 0.2) is 11.1 Å². The number of hydrogen-bond donors (Lipinski definition) is 3. The summed E-state index contributed by atoms with van der Waals surface area (Å²) >= 11 is 0. The number of hydrogen-bond acceptors (Lipinski definition) is 3. The highest BCUT2D eigenvalue weighted by Crippen LogP contribution is 2.24. The summed E-state index contributed by atoms with van der Waals surface area (Å²) in [7, 11) is 0. The molecule has 1 fully saturated rings. The van der Waals surface area contributed by atoms with Gasteiger partial charge in [0.25, 0.3) is 0 Å². The minimum absolute atomic E-state index is 0.0638. The number of aliphatic carboxylic acids is 1. The van der Waals surface area contributed by atoms with E-state index in [2.05, 4.69) is 5.32 Å². The third kappa shape index (κ3) is 3.85. The predicted octanol–water partition coefficient (Wildman–Crippen LogP) is 0.685. The first kappa shape index (κ1) is 13.7. The molecule has 17 heavy (non-hydrogen) atoms. The van der Waals surface area contributed by atoms with Crippen LogP contribution in [0.4, 0.5) is 0 Å². The molecule has 0 heterocycles. The van der Waals surface area contributed by atoms with Crippen molar-refractivity contribution in [2.24, 2.45) is 5.92 Å². The van der Waals surface area contributed by atoms with Crippen molar-refractivity contribution in [3.8, 4) is 0 Å². The molecule has 2 unspecified atom stereocenters. The molecular weight excluding hydrogens is 222 g/mol. The smallest absolute Gasteiger partial charge is 0.331 e. The molecule has 0 aromatic heterocycles. The summed E-state index contributed by atoms with van der Waals surface area (Å²) in [6.07, 6.45) is 2.14. The Morgan fingerprint density at radius 2 is 1.88 bits per heavy atom. The summed E-state index contributed by atoms with van der Waals surface area (Å²) in [6.45, 7) is 3.42. The average molecular weight is 241 g/mol. The standard InChI is InChI=1S/C12H19NO4/c1-7(8(2)12(16)17)11(15)13-6-9-3-4-10(14)5-9/h9-10,14H,3-6H2,1-2H3,(H,13,15)(H,16,17). The van der Waals surface area contributed by atoms with Gasteiger partial charge in [-0.15, -0.1) is 0 Å². The van der Waals surface area contributed by atoms with Crippen LogP contribution >= 0.6 is 0 Å². The second kappa shape index (κ2) is 5.82. The van der Waals surface area contributed by atoms with Gasteiger partial charge in [-0.1, -0.05) is 0 Å². The van der Waals surface area contributed by atoms with E-state index in [-0.39, 0.29) is 23.2 Å². The number of rotatable bonds is 4. The van der Waals surface area contributed by atoms with Gasteiger partial charge in [0.1, 0.15) is 0 Å². The van der Waals surface area contributed by atoms with E-state index in [1.54, 1.807) is 0 Å². The quantitative estimate of drug-likeness (QED) is 0.632. The van der Waals surface area contributed by atoms with Crippen LogP contribution in [-0.2, 0) is 9.59 Å². The fourth-order valence-electron chi connectivity index (χ4n) is 1.93. The van der Waals surface area contributed by atoms with Crippen molar-refractivity contribution in [1.82, 2.24) is 5.32 Å². The Morgan fingerprint density at radius 1 is 1.24 bits per heavy atom. The summed E-state index contributed by atoms with van der Waals surface area (Å²) in [6, 6.07) is 0. The highest BCUT2D eigenvalue weighted by atomic mass is 16.4. The van der Waals surface area contributed by atoms with E-state index in [4.69, 9.17) is 5.11 Å². The number of amides is 1. The van der Waals surface area contributed by atoms with Crippen molar-refractivity contribution < 1.29 is 19.8 Å². The van der Waals surface area contributed by atoms with Gasteiger partial charge in [-0.25, -0.2) is 4.79 Å². The lowest BCUT2D eigenvalue weighted by Crippen LogP contribution is -2.30. The van der Waals surface area contributed by atoms with Crippen molar-refractivity contribution in [1.29, 1.82) is 0 Å². The van der Waals surface area contributed by atoms with Crippen molar-refractivity contribution in [2.45, 2.75) is 39.2 Å². The van der Waals surface area contributed by atoms with Gasteiger partial charge in [0.05, 0.1) is 6.10 Å². The minimum atomic E-state index is -1.08. The maximum absolute atomic E-state index is 11.6. The summed E-state index contributed by atoms with van der Waals surface area (Å²) in [5.74, 6) is -1.12. The van der Waals surface area contributed by atoms with Gasteiger partial charge >= 0.3 is 5.97 Å². The molecule has 1 amide bonds. The van der Waals surface area contributed by atoms with Crippen molar-refractivity contribution in [3.05, 3.63) is 11.1 Å². The van der Waals surface area contributed by atoms with Crippen LogP contribution in [0.1, 0.15) is 33.1 Å². The molecule has 1 rings (SSSR count). The first-order valence-corrected chi connectivity index (χ1v) is 5.78. The van der Waals surface area contributed by atoms with Crippen LogP contribution in [0.25, 0.3) is 0 Å². The van der Waals surface area contributed by atoms with E-state index >= 15 is 0 Å². The Morgan fingerprint density at radius 3 is 2.35 bits per heavy atom. The molecule has 3 N–H and O–H groups in total. The molecule has 0 aromatic carbocycles. The van der Waals surface area contributed by atoms with Gasteiger partial charge in [0.2, 0.25) is 5.91 Å². The molecular formula is C12H19NO4. The van der Waals surface area contributed by atoms with E-state index in [1.165, 1.54) is 13.8 Å². The first-order valence-electron chi connectivity index (χ1n) is 5.78. The Kier molecular flexibility index (Phi) is 4.69. The molecule has 0 bridgehead atoms. The number of aliphatic hydroxyl groups is 1. The summed E-state index contributed by atoms with van der Waals surface area (Å²) in [5.41, 5.74) is 0.296. The lowest BCUT2D eigenvalue weighted by atomic mass is 10.1. The molecule has 2 atom stereocenters. The second-order valence-corrected chi connectivity index (χ2v) is 4.60. The Balaban J connectivity index is 2.45. The van der Waals surface area contributed by atoms with Gasteiger partial charge in [-0.05, 0) is 39.0 Å². The Labute approximate surface area is 101 Å². The van der Waals surface area contributed by atoms with Gasteiger partial charge in [0.15, 0.2) is 0 Å².